The van der Waals surface area contributed by atoms with E-state index in [-0.39, 0.29) is 5.82 Å². The van der Waals surface area contributed by atoms with E-state index in [1.807, 2.05) is 29.0 Å². The molecule has 0 N–H and O–H groups in total. The second-order valence-electron chi connectivity index (χ2n) is 3.58. The summed E-state index contributed by atoms with van der Waals surface area (Å²) in [6, 6.07) is 6.73. The molecule has 0 unspecified atom stereocenters. The number of benzene rings is 1. The van der Waals surface area contributed by atoms with Crippen LogP contribution in [0.3, 0.4) is 0 Å². The smallest absolute Gasteiger partial charge is 0.194 e. The van der Waals surface area contributed by atoms with Gasteiger partial charge in [-0.2, -0.15) is 0 Å². The van der Waals surface area contributed by atoms with Crippen LogP contribution in [0.25, 0.3) is 16.2 Å². The monoisotopic (exact) mass is 232 g/mol. The van der Waals surface area contributed by atoms with Gasteiger partial charge >= 0.3 is 0 Å². The van der Waals surface area contributed by atoms with Crippen LogP contribution in [-0.2, 0) is 0 Å². The first kappa shape index (κ1) is 9.54. The number of aromatic nitrogens is 2. The van der Waals surface area contributed by atoms with Crippen molar-refractivity contribution in [2.75, 3.05) is 0 Å². The fraction of sp³-hybridized carbons (Fsp3) is 0.0833. The SMILES string of the molecule is Cc1c(-c2ccccc2F)nc2sccn12. The Balaban J connectivity index is 2.30. The summed E-state index contributed by atoms with van der Waals surface area (Å²) in [5.41, 5.74) is 2.27. The molecule has 0 aliphatic carbocycles. The number of hydrogen-bond acceptors (Lipinski definition) is 2. The number of halogens is 1. The van der Waals surface area contributed by atoms with E-state index < -0.39 is 0 Å². The Morgan fingerprint density at radius 3 is 2.88 bits per heavy atom. The Bertz CT molecular complexity index is 654. The quantitative estimate of drug-likeness (QED) is 0.627. The number of hydrogen-bond donors (Lipinski definition) is 0. The minimum absolute atomic E-state index is 0.226. The molecule has 0 atom stereocenters. The van der Waals surface area contributed by atoms with Gasteiger partial charge in [0, 0.05) is 22.8 Å². The van der Waals surface area contributed by atoms with E-state index in [1.54, 1.807) is 23.5 Å². The first-order chi connectivity index (χ1) is 7.77. The maximum atomic E-state index is 13.6. The Morgan fingerprint density at radius 1 is 1.31 bits per heavy atom. The largest absolute Gasteiger partial charge is 0.294 e. The Hall–Kier alpha value is -1.68. The zero-order chi connectivity index (χ0) is 11.1. The van der Waals surface area contributed by atoms with Gasteiger partial charge in [0.25, 0.3) is 0 Å². The molecule has 0 aliphatic heterocycles. The van der Waals surface area contributed by atoms with Gasteiger partial charge in [-0.25, -0.2) is 9.37 Å². The van der Waals surface area contributed by atoms with Crippen LogP contribution in [0.2, 0.25) is 0 Å². The third kappa shape index (κ3) is 1.27. The molecule has 0 radical (unpaired) electrons. The third-order valence-electron chi connectivity index (χ3n) is 2.63. The van der Waals surface area contributed by atoms with Crippen LogP contribution < -0.4 is 0 Å². The molecule has 0 bridgehead atoms. The van der Waals surface area contributed by atoms with Gasteiger partial charge in [0.05, 0.1) is 5.69 Å². The predicted octanol–water partition coefficient (Wildman–Crippen LogP) is 3.51. The molecule has 2 aromatic heterocycles. The van der Waals surface area contributed by atoms with Crippen molar-refractivity contribution in [2.45, 2.75) is 6.92 Å². The second kappa shape index (κ2) is 3.42. The maximum absolute atomic E-state index is 13.6. The lowest BCUT2D eigenvalue weighted by molar-refractivity contribution is 0.630. The van der Waals surface area contributed by atoms with E-state index in [0.29, 0.717) is 5.56 Å². The van der Waals surface area contributed by atoms with Crippen molar-refractivity contribution in [1.82, 2.24) is 9.38 Å². The fourth-order valence-electron chi connectivity index (χ4n) is 1.81. The molecule has 3 aromatic rings. The van der Waals surface area contributed by atoms with Crippen molar-refractivity contribution < 1.29 is 4.39 Å². The van der Waals surface area contributed by atoms with Crippen LogP contribution in [0.1, 0.15) is 5.69 Å². The highest BCUT2D eigenvalue weighted by atomic mass is 32.1. The molecular formula is C12H9FN2S. The lowest BCUT2D eigenvalue weighted by Gasteiger charge is -2.00. The molecule has 0 amide bonds. The summed E-state index contributed by atoms with van der Waals surface area (Å²) in [6.07, 6.45) is 1.95. The normalized spacial score (nSPS) is 11.1. The van der Waals surface area contributed by atoms with Gasteiger partial charge in [-0.3, -0.25) is 4.40 Å². The van der Waals surface area contributed by atoms with Gasteiger partial charge in [-0.15, -0.1) is 11.3 Å². The maximum Gasteiger partial charge on any atom is 0.194 e. The van der Waals surface area contributed by atoms with Crippen LogP contribution in [0.5, 0.6) is 0 Å². The molecular weight excluding hydrogens is 223 g/mol. The van der Waals surface area contributed by atoms with E-state index in [9.17, 15) is 4.39 Å². The number of thiazole rings is 1. The molecule has 16 heavy (non-hydrogen) atoms. The molecule has 80 valence electrons. The summed E-state index contributed by atoms with van der Waals surface area (Å²) >= 11 is 1.55. The minimum Gasteiger partial charge on any atom is -0.294 e. The molecule has 0 aliphatic rings. The van der Waals surface area contributed by atoms with Crippen LogP contribution in [-0.4, -0.2) is 9.38 Å². The lowest BCUT2D eigenvalue weighted by atomic mass is 10.1. The molecule has 0 saturated carbocycles. The highest BCUT2D eigenvalue weighted by molar-refractivity contribution is 7.15. The van der Waals surface area contributed by atoms with Gasteiger partial charge in [0.1, 0.15) is 5.82 Å². The van der Waals surface area contributed by atoms with E-state index in [0.717, 1.165) is 16.3 Å². The molecule has 1 aromatic carbocycles. The summed E-state index contributed by atoms with van der Waals surface area (Å²) in [7, 11) is 0. The Labute approximate surface area is 96.0 Å². The van der Waals surface area contributed by atoms with Crippen LogP contribution in [0, 0.1) is 12.7 Å². The summed E-state index contributed by atoms with van der Waals surface area (Å²) in [4.78, 5) is 5.34. The first-order valence-electron chi connectivity index (χ1n) is 4.94. The fourth-order valence-corrected chi connectivity index (χ4v) is 2.57. The molecule has 2 heterocycles. The highest BCUT2D eigenvalue weighted by Gasteiger charge is 2.13. The molecule has 0 fully saturated rings. The van der Waals surface area contributed by atoms with E-state index >= 15 is 0 Å². The average Bonchev–Trinajstić information content (AvgIpc) is 2.83. The number of rotatable bonds is 1. The number of aryl methyl sites for hydroxylation is 1. The number of fused-ring (bicyclic) bond motifs is 1. The number of imidazole rings is 1. The van der Waals surface area contributed by atoms with Crippen molar-refractivity contribution in [3.8, 4) is 11.3 Å². The van der Waals surface area contributed by atoms with Crippen molar-refractivity contribution in [1.29, 1.82) is 0 Å². The highest BCUT2D eigenvalue weighted by Crippen LogP contribution is 2.27. The van der Waals surface area contributed by atoms with Crippen LogP contribution in [0.15, 0.2) is 35.8 Å². The molecule has 3 rings (SSSR count). The lowest BCUT2D eigenvalue weighted by Crippen LogP contribution is -1.87. The minimum atomic E-state index is -0.226. The second-order valence-corrected chi connectivity index (χ2v) is 4.45. The van der Waals surface area contributed by atoms with Crippen LogP contribution in [0.4, 0.5) is 4.39 Å². The van der Waals surface area contributed by atoms with Crippen molar-refractivity contribution in [3.05, 3.63) is 47.4 Å². The predicted molar refractivity (Wildman–Crippen MR) is 63.2 cm³/mol. The number of nitrogens with zero attached hydrogens (tertiary/aromatic N) is 2. The average molecular weight is 232 g/mol. The molecule has 2 nitrogen and oxygen atoms in total. The zero-order valence-electron chi connectivity index (χ0n) is 8.64. The Morgan fingerprint density at radius 2 is 2.12 bits per heavy atom. The van der Waals surface area contributed by atoms with Crippen LogP contribution >= 0.6 is 11.3 Å². The van der Waals surface area contributed by atoms with Gasteiger partial charge < -0.3 is 0 Å². The van der Waals surface area contributed by atoms with Crippen molar-refractivity contribution in [2.24, 2.45) is 0 Å². The molecule has 0 saturated heterocycles. The van der Waals surface area contributed by atoms with E-state index in [1.165, 1.54) is 6.07 Å². The van der Waals surface area contributed by atoms with Gasteiger partial charge in [0.15, 0.2) is 4.96 Å². The molecule has 0 spiro atoms. The zero-order valence-corrected chi connectivity index (χ0v) is 9.46. The standard InChI is InChI=1S/C12H9FN2S/c1-8-11(9-4-2-3-5-10(9)13)14-12-15(8)6-7-16-12/h2-7H,1H3. The van der Waals surface area contributed by atoms with E-state index in [2.05, 4.69) is 4.98 Å². The Kier molecular flexibility index (Phi) is 2.04. The topological polar surface area (TPSA) is 17.3 Å². The summed E-state index contributed by atoms with van der Waals surface area (Å²) < 4.78 is 15.6. The first-order valence-corrected chi connectivity index (χ1v) is 5.82. The van der Waals surface area contributed by atoms with Gasteiger partial charge in [-0.05, 0) is 19.1 Å². The van der Waals surface area contributed by atoms with Gasteiger partial charge in [0.2, 0.25) is 0 Å². The summed E-state index contributed by atoms with van der Waals surface area (Å²) in [5.74, 6) is -0.226. The van der Waals surface area contributed by atoms with Gasteiger partial charge in [-0.1, -0.05) is 12.1 Å². The molecule has 4 heteroatoms. The van der Waals surface area contributed by atoms with E-state index in [4.69, 9.17) is 0 Å². The third-order valence-corrected chi connectivity index (χ3v) is 3.39. The summed E-state index contributed by atoms with van der Waals surface area (Å²) in [5, 5.41) is 1.97. The summed E-state index contributed by atoms with van der Waals surface area (Å²) in [6.45, 7) is 1.95. The van der Waals surface area contributed by atoms with Crippen molar-refractivity contribution in [3.63, 3.8) is 0 Å². The van der Waals surface area contributed by atoms with Crippen molar-refractivity contribution >= 4 is 16.3 Å².